The van der Waals surface area contributed by atoms with Crippen LogP contribution in [0.5, 0.6) is 5.75 Å². The van der Waals surface area contributed by atoms with E-state index in [9.17, 15) is 13.2 Å². The summed E-state index contributed by atoms with van der Waals surface area (Å²) in [6.45, 7) is 2.02. The Kier molecular flexibility index (Phi) is 5.97. The number of hydrogen-bond donors (Lipinski definition) is 1. The molecule has 0 bridgehead atoms. The molecule has 2 amide bonds. The molecule has 9 heteroatoms. The van der Waals surface area contributed by atoms with Crippen LogP contribution in [0.4, 0.5) is 4.79 Å². The molecular formula is C26H34N4O4S. The lowest BCUT2D eigenvalue weighted by Crippen LogP contribution is -2.44. The van der Waals surface area contributed by atoms with Crippen LogP contribution < -0.4 is 10.1 Å². The van der Waals surface area contributed by atoms with Gasteiger partial charge in [-0.25, -0.2) is 13.2 Å². The van der Waals surface area contributed by atoms with Crippen molar-refractivity contribution in [2.75, 3.05) is 39.8 Å². The number of sulfonamides is 1. The van der Waals surface area contributed by atoms with Gasteiger partial charge in [-0.2, -0.15) is 4.31 Å². The molecule has 2 aromatic carbocycles. The molecule has 1 N–H and O–H groups in total. The van der Waals surface area contributed by atoms with Gasteiger partial charge in [-0.1, -0.05) is 30.3 Å². The van der Waals surface area contributed by atoms with Gasteiger partial charge in [-0.3, -0.25) is 4.90 Å². The number of nitrogens with one attached hydrogen (secondary N) is 1. The number of ether oxygens (including phenoxy) is 1. The maximum Gasteiger partial charge on any atom is 0.317 e. The van der Waals surface area contributed by atoms with E-state index in [1.54, 1.807) is 12.1 Å². The van der Waals surface area contributed by atoms with Crippen LogP contribution in [0.15, 0.2) is 47.4 Å². The van der Waals surface area contributed by atoms with E-state index in [-0.39, 0.29) is 10.8 Å². The summed E-state index contributed by atoms with van der Waals surface area (Å²) >= 11 is 0. The molecule has 2 fully saturated rings. The molecule has 3 aliphatic heterocycles. The van der Waals surface area contributed by atoms with E-state index in [0.29, 0.717) is 57.9 Å². The number of carbonyl (C=O) groups is 1. The fourth-order valence-corrected chi connectivity index (χ4v) is 6.70. The lowest BCUT2D eigenvalue weighted by atomic mass is 9.98. The maximum absolute atomic E-state index is 13.4. The number of fused-ring (bicyclic) bond motifs is 1. The Morgan fingerprint density at radius 3 is 2.43 bits per heavy atom. The Morgan fingerprint density at radius 2 is 1.80 bits per heavy atom. The van der Waals surface area contributed by atoms with Gasteiger partial charge in [0.1, 0.15) is 10.6 Å². The molecule has 188 valence electrons. The second-order valence-electron chi connectivity index (χ2n) is 9.62. The van der Waals surface area contributed by atoms with Gasteiger partial charge < -0.3 is 15.0 Å². The van der Waals surface area contributed by atoms with Crippen LogP contribution in [0.2, 0.25) is 0 Å². The predicted molar refractivity (Wildman–Crippen MR) is 133 cm³/mol. The average molecular weight is 502 g/mol. The zero-order valence-corrected chi connectivity index (χ0v) is 20.6. The van der Waals surface area contributed by atoms with E-state index in [1.807, 2.05) is 23.5 Å². The number of nitrogens with zero attached hydrogens (tertiary/aromatic N) is 3. The first-order valence-electron chi connectivity index (χ1n) is 13.7. The van der Waals surface area contributed by atoms with Crippen LogP contribution in [0.3, 0.4) is 0 Å². The highest BCUT2D eigenvalue weighted by atomic mass is 32.2. The van der Waals surface area contributed by atoms with Crippen LogP contribution >= 0.6 is 0 Å². The third-order valence-electron chi connectivity index (χ3n) is 7.24. The first-order chi connectivity index (χ1) is 18.1. The smallest absolute Gasteiger partial charge is 0.317 e. The molecule has 0 radical (unpaired) electrons. The van der Waals surface area contributed by atoms with Crippen molar-refractivity contribution < 1.29 is 22.1 Å². The molecule has 0 spiro atoms. The molecule has 0 atom stereocenters. The fraction of sp³-hybridized carbons (Fsp3) is 0.500. The predicted octanol–water partition coefficient (Wildman–Crippen LogP) is 3.03. The standard InChI is InChI=1S/C26H34N4O4S/c1-27-26(31)29-13-9-20(10-14-29)19-34-24-8-7-21(15-25(24)35(32,33)30-11-4-12-30)16-28-17-22-5-2-3-6-23(22)18-28/h2-3,5-8,15,20H,4,9-14,16-19H2,1H3,(H,27,31)/i1D3. The molecule has 3 heterocycles. The molecule has 8 nitrogen and oxygen atoms in total. The Labute approximate surface area is 212 Å². The number of benzene rings is 2. The maximum atomic E-state index is 13.4. The van der Waals surface area contributed by atoms with Crippen molar-refractivity contribution >= 4 is 16.1 Å². The molecule has 0 saturated carbocycles. The van der Waals surface area contributed by atoms with E-state index in [2.05, 4.69) is 17.0 Å². The highest BCUT2D eigenvalue weighted by Gasteiger charge is 2.33. The highest BCUT2D eigenvalue weighted by molar-refractivity contribution is 7.89. The van der Waals surface area contributed by atoms with Crippen LogP contribution in [-0.4, -0.2) is 68.3 Å². The highest BCUT2D eigenvalue weighted by Crippen LogP contribution is 2.33. The van der Waals surface area contributed by atoms with E-state index in [0.717, 1.165) is 25.1 Å². The van der Waals surface area contributed by atoms with Crippen molar-refractivity contribution in [3.05, 3.63) is 59.2 Å². The first-order valence-corrected chi connectivity index (χ1v) is 13.6. The number of urea groups is 1. The molecule has 2 saturated heterocycles. The van der Waals surface area contributed by atoms with Crippen LogP contribution in [0.1, 0.15) is 40.1 Å². The third-order valence-corrected chi connectivity index (χ3v) is 9.16. The fourth-order valence-electron chi connectivity index (χ4n) is 5.00. The normalized spacial score (nSPS) is 20.9. The van der Waals surface area contributed by atoms with Crippen molar-refractivity contribution in [2.45, 2.75) is 43.8 Å². The van der Waals surface area contributed by atoms with E-state index >= 15 is 0 Å². The molecule has 35 heavy (non-hydrogen) atoms. The second-order valence-corrected chi connectivity index (χ2v) is 11.5. The molecule has 0 aliphatic carbocycles. The summed E-state index contributed by atoms with van der Waals surface area (Å²) in [6, 6.07) is 13.2. The first kappa shape index (κ1) is 20.6. The van der Waals surface area contributed by atoms with E-state index in [1.165, 1.54) is 20.3 Å². The summed E-state index contributed by atoms with van der Waals surface area (Å²) in [5, 5.41) is 2.02. The Bertz CT molecular complexity index is 1250. The van der Waals surface area contributed by atoms with Crippen LogP contribution in [0, 0.1) is 5.92 Å². The zero-order valence-electron chi connectivity index (χ0n) is 22.8. The van der Waals surface area contributed by atoms with Crippen molar-refractivity contribution in [3.8, 4) is 5.75 Å². The van der Waals surface area contributed by atoms with Gasteiger partial charge in [0.2, 0.25) is 10.0 Å². The molecule has 0 aromatic heterocycles. The minimum Gasteiger partial charge on any atom is -0.492 e. The number of hydrogen-bond acceptors (Lipinski definition) is 5. The zero-order chi connectivity index (χ0) is 26.9. The number of likely N-dealkylation sites (tertiary alicyclic amines) is 1. The van der Waals surface area contributed by atoms with Crippen molar-refractivity contribution in [2.24, 2.45) is 5.92 Å². The average Bonchev–Trinajstić information content (AvgIpc) is 3.23. The number of carbonyl (C=O) groups excluding carboxylic acids is 1. The van der Waals surface area contributed by atoms with Crippen molar-refractivity contribution in [1.82, 2.24) is 19.4 Å². The molecule has 0 unspecified atom stereocenters. The SMILES string of the molecule is [2H]C([2H])([2H])NC(=O)N1CCC(COc2ccc(CN3Cc4ccccc4C3)cc2S(=O)(=O)N2CCC2)CC1. The van der Waals surface area contributed by atoms with Gasteiger partial charge >= 0.3 is 6.03 Å². The Balaban J connectivity index is 1.24. The molecule has 2 aromatic rings. The monoisotopic (exact) mass is 501 g/mol. The topological polar surface area (TPSA) is 82.2 Å². The van der Waals surface area contributed by atoms with Crippen LogP contribution in [-0.2, 0) is 29.7 Å². The van der Waals surface area contributed by atoms with Gasteiger partial charge in [0.05, 0.1) is 6.61 Å². The second kappa shape index (κ2) is 10.2. The summed E-state index contributed by atoms with van der Waals surface area (Å²) < 4.78 is 56.1. The number of amides is 2. The molecule has 5 rings (SSSR count). The molecular weight excluding hydrogens is 464 g/mol. The summed E-state index contributed by atoms with van der Waals surface area (Å²) in [5.74, 6) is 0.488. The van der Waals surface area contributed by atoms with Gasteiger partial charge in [0.25, 0.3) is 0 Å². The molecule has 3 aliphatic rings. The minimum atomic E-state index is -3.66. The number of rotatable bonds is 7. The quantitative estimate of drug-likeness (QED) is 0.631. The summed E-state index contributed by atoms with van der Waals surface area (Å²) in [6.07, 6.45) is 2.15. The number of piperidine rings is 1. The van der Waals surface area contributed by atoms with Crippen molar-refractivity contribution in [3.63, 3.8) is 0 Å². The summed E-state index contributed by atoms with van der Waals surface area (Å²) in [7, 11) is -3.66. The summed E-state index contributed by atoms with van der Waals surface area (Å²) in [5.41, 5.74) is 3.54. The van der Waals surface area contributed by atoms with Gasteiger partial charge in [-0.15, -0.1) is 0 Å². The van der Waals surface area contributed by atoms with E-state index in [4.69, 9.17) is 8.85 Å². The van der Waals surface area contributed by atoms with Gasteiger partial charge in [0.15, 0.2) is 0 Å². The Morgan fingerprint density at radius 1 is 1.09 bits per heavy atom. The lowest BCUT2D eigenvalue weighted by Gasteiger charge is -2.32. The van der Waals surface area contributed by atoms with Crippen LogP contribution in [0.25, 0.3) is 0 Å². The van der Waals surface area contributed by atoms with E-state index < -0.39 is 23.0 Å². The van der Waals surface area contributed by atoms with Gasteiger partial charge in [-0.05, 0) is 54.0 Å². The lowest BCUT2D eigenvalue weighted by molar-refractivity contribution is 0.145. The minimum absolute atomic E-state index is 0.133. The summed E-state index contributed by atoms with van der Waals surface area (Å²) in [4.78, 5) is 16.1. The van der Waals surface area contributed by atoms with Crippen molar-refractivity contribution in [1.29, 1.82) is 0 Å². The Hall–Kier alpha value is -2.62. The largest absolute Gasteiger partial charge is 0.492 e. The third kappa shape index (κ3) is 5.17. The van der Waals surface area contributed by atoms with Gasteiger partial charge in [0, 0.05) is 56.9 Å².